The molecule has 0 aromatic heterocycles. The van der Waals surface area contributed by atoms with E-state index in [1.54, 1.807) is 0 Å². The van der Waals surface area contributed by atoms with E-state index in [9.17, 15) is 83.1 Å². The first-order valence-electron chi connectivity index (χ1n) is 6.91. The van der Waals surface area contributed by atoms with Crippen LogP contribution in [0.5, 0.6) is 0 Å². The van der Waals surface area contributed by atoms with Crippen LogP contribution in [0.15, 0.2) is 0 Å². The average molecular weight is 543 g/mol. The molecule has 0 rings (SSSR count). The van der Waals surface area contributed by atoms with Gasteiger partial charge in [0.1, 0.15) is 0 Å². The molecule has 0 aromatic rings. The molecule has 0 saturated carbocycles. The van der Waals surface area contributed by atoms with Gasteiger partial charge in [0.15, 0.2) is 0 Å². The van der Waals surface area contributed by atoms with Crippen molar-refractivity contribution in [2.45, 2.75) is 54.7 Å². The highest BCUT2D eigenvalue weighted by Crippen LogP contribution is 2.64. The molecule has 0 spiro atoms. The van der Waals surface area contributed by atoms with Crippen molar-refractivity contribution >= 4 is 10.3 Å². The van der Waals surface area contributed by atoms with Crippen LogP contribution in [-0.2, 0) is 10.3 Å². The Kier molecular flexibility index (Phi) is 7.29. The van der Waals surface area contributed by atoms with Crippen molar-refractivity contribution in [1.29, 1.82) is 0 Å². The minimum atomic E-state index is -8.83. The number of hydrogen-bond donors (Lipinski definition) is 1. The van der Waals surface area contributed by atoms with E-state index < -0.39 is 68.9 Å². The van der Waals surface area contributed by atoms with E-state index in [0.29, 0.717) is 0 Å². The van der Waals surface area contributed by atoms with E-state index in [2.05, 4.69) is 0 Å². The zero-order valence-electron chi connectivity index (χ0n) is 14.3. The first kappa shape index (κ1) is 30.7. The van der Waals surface area contributed by atoms with Gasteiger partial charge in [-0.1, -0.05) is 6.92 Å². The molecule has 0 radical (unpaired) electrons. The second-order valence-electron chi connectivity index (χ2n) is 5.63. The maximum absolute atomic E-state index is 13.6. The number of nitrogens with zero attached hydrogens (tertiary/aromatic N) is 1. The van der Waals surface area contributed by atoms with Gasteiger partial charge < -0.3 is 0 Å². The lowest BCUT2D eigenvalue weighted by Gasteiger charge is -2.43. The fourth-order valence-electron chi connectivity index (χ4n) is 1.82. The molecule has 0 fully saturated rings. The molecule has 32 heavy (non-hydrogen) atoms. The fourth-order valence-corrected chi connectivity index (χ4v) is 2.55. The minimum Gasteiger partial charge on any atom is -0.273 e. The summed E-state index contributed by atoms with van der Waals surface area (Å²) in [7, 11) is -6.75. The smallest absolute Gasteiger partial charge is 0.273 e. The van der Waals surface area contributed by atoms with Crippen LogP contribution < -0.4 is 0 Å². The van der Waals surface area contributed by atoms with E-state index in [1.807, 2.05) is 0 Å². The summed E-state index contributed by atoms with van der Waals surface area (Å²) in [4.78, 5) is 0. The highest BCUT2D eigenvalue weighted by molar-refractivity contribution is 7.83. The van der Waals surface area contributed by atoms with Gasteiger partial charge in [-0.3, -0.25) is 4.55 Å². The zero-order chi connectivity index (χ0) is 26.8. The molecular weight excluding hydrogens is 537 g/mol. The highest BCUT2D eigenvalue weighted by atomic mass is 32.2. The summed E-state index contributed by atoms with van der Waals surface area (Å²) in [6.07, 6.45) is -7.87. The van der Waals surface area contributed by atoms with Gasteiger partial charge >= 0.3 is 58.1 Å². The molecular formula is C10H6F17NO3S. The predicted molar refractivity (Wildman–Crippen MR) is 64.6 cm³/mol. The second kappa shape index (κ2) is 7.60. The van der Waals surface area contributed by atoms with Crippen molar-refractivity contribution in [1.82, 2.24) is 4.31 Å². The molecule has 0 aliphatic carbocycles. The lowest BCUT2D eigenvalue weighted by atomic mass is 9.90. The Bertz CT molecular complexity index is 802. The van der Waals surface area contributed by atoms with Crippen LogP contribution >= 0.6 is 0 Å². The summed E-state index contributed by atoms with van der Waals surface area (Å²) in [5.74, 6) is -51.5. The topological polar surface area (TPSA) is 57.6 Å². The lowest BCUT2D eigenvalue weighted by Crippen LogP contribution is -2.76. The van der Waals surface area contributed by atoms with Crippen molar-refractivity contribution < 1.29 is 87.6 Å². The summed E-state index contributed by atoms with van der Waals surface area (Å²) in [5, 5.41) is 0. The second-order valence-corrected chi connectivity index (χ2v) is 6.96. The molecule has 194 valence electrons. The molecule has 0 unspecified atom stereocenters. The maximum Gasteiger partial charge on any atom is 0.460 e. The maximum atomic E-state index is 13.6. The molecule has 0 amide bonds. The van der Waals surface area contributed by atoms with Crippen molar-refractivity contribution in [3.63, 3.8) is 0 Å². The third-order valence-corrected chi connectivity index (χ3v) is 4.63. The molecule has 0 aliphatic rings. The summed E-state index contributed by atoms with van der Waals surface area (Å²) in [5.41, 5.74) is 0. The summed E-state index contributed by atoms with van der Waals surface area (Å²) < 4.78 is 248. The Hall–Kier alpha value is -1.32. The molecule has 22 heteroatoms. The van der Waals surface area contributed by atoms with Gasteiger partial charge in [0, 0.05) is 6.54 Å². The van der Waals surface area contributed by atoms with Gasteiger partial charge in [0.25, 0.3) is 0 Å². The molecule has 0 bridgehead atoms. The Labute approximate surface area is 164 Å². The van der Waals surface area contributed by atoms with E-state index in [-0.39, 0.29) is 6.92 Å². The summed E-state index contributed by atoms with van der Waals surface area (Å²) >= 11 is 0. The molecule has 0 atom stereocenters. The number of rotatable bonds is 9. The fraction of sp³-hybridized carbons (Fsp3) is 1.00. The molecule has 1 N–H and O–H groups in total. The number of alkyl halides is 17. The standard InChI is InChI=1S/C10H6F17NO3S/c1-2-28(32(29,30)31)10(26,27)8(21,22)6(17,18)4(13,14)3(11,12)5(15,16)7(19,20)9(23,24)25/h2H2,1H3,(H,29,30,31). The normalized spacial score (nSPS) is 16.6. The first-order valence-corrected chi connectivity index (χ1v) is 8.31. The van der Waals surface area contributed by atoms with E-state index in [0.717, 1.165) is 0 Å². The van der Waals surface area contributed by atoms with Crippen LogP contribution in [0.1, 0.15) is 6.92 Å². The van der Waals surface area contributed by atoms with Crippen molar-refractivity contribution in [2.24, 2.45) is 0 Å². The van der Waals surface area contributed by atoms with Crippen LogP contribution in [-0.4, -0.2) is 71.6 Å². The van der Waals surface area contributed by atoms with Crippen molar-refractivity contribution in [3.8, 4) is 0 Å². The summed E-state index contributed by atoms with van der Waals surface area (Å²) in [6.45, 7) is -2.15. The lowest BCUT2D eigenvalue weighted by molar-refractivity contribution is -0.465. The van der Waals surface area contributed by atoms with Crippen LogP contribution in [0.2, 0.25) is 0 Å². The van der Waals surface area contributed by atoms with Crippen LogP contribution in [0.25, 0.3) is 0 Å². The van der Waals surface area contributed by atoms with Crippen molar-refractivity contribution in [2.75, 3.05) is 6.54 Å². The van der Waals surface area contributed by atoms with E-state index >= 15 is 0 Å². The van der Waals surface area contributed by atoms with E-state index in [4.69, 9.17) is 4.55 Å². The molecule has 4 nitrogen and oxygen atoms in total. The molecule has 0 heterocycles. The SMILES string of the molecule is CCN(C(F)(F)C(F)(F)C(F)(F)C(F)(F)C(F)(F)C(F)(F)C(F)(F)C(F)(F)F)S(=O)(=O)O. The Balaban J connectivity index is 6.98. The molecule has 0 aliphatic heterocycles. The van der Waals surface area contributed by atoms with Crippen molar-refractivity contribution in [3.05, 3.63) is 0 Å². The predicted octanol–water partition coefficient (Wildman–Crippen LogP) is 5.08. The average Bonchev–Trinajstić information content (AvgIpc) is 2.51. The van der Waals surface area contributed by atoms with E-state index in [1.165, 1.54) is 0 Å². The van der Waals surface area contributed by atoms with Gasteiger partial charge in [-0.05, 0) is 0 Å². The van der Waals surface area contributed by atoms with Crippen LogP contribution in [0.3, 0.4) is 0 Å². The highest BCUT2D eigenvalue weighted by Gasteiger charge is 2.95. The molecule has 0 aromatic carbocycles. The molecule has 0 saturated heterocycles. The quantitative estimate of drug-likeness (QED) is 0.251. The van der Waals surface area contributed by atoms with Crippen LogP contribution in [0, 0.1) is 0 Å². The number of halogens is 17. The Morgan fingerprint density at radius 3 is 1.03 bits per heavy atom. The zero-order valence-corrected chi connectivity index (χ0v) is 15.1. The largest absolute Gasteiger partial charge is 0.460 e. The monoisotopic (exact) mass is 543 g/mol. The Morgan fingerprint density at radius 1 is 0.562 bits per heavy atom. The minimum absolute atomic E-state index is 0.0423. The van der Waals surface area contributed by atoms with Gasteiger partial charge in [-0.2, -0.15) is 83.1 Å². The van der Waals surface area contributed by atoms with Gasteiger partial charge in [-0.15, -0.1) is 4.31 Å². The van der Waals surface area contributed by atoms with Gasteiger partial charge in [0.05, 0.1) is 0 Å². The van der Waals surface area contributed by atoms with Crippen LogP contribution in [0.4, 0.5) is 74.6 Å². The third kappa shape index (κ3) is 3.84. The first-order chi connectivity index (χ1) is 13.4. The summed E-state index contributed by atoms with van der Waals surface area (Å²) in [6, 6.07) is -7.36. The van der Waals surface area contributed by atoms with Gasteiger partial charge in [-0.25, -0.2) is 0 Å². The third-order valence-electron chi connectivity index (χ3n) is 3.58. The number of hydrogen-bond acceptors (Lipinski definition) is 2. The Morgan fingerprint density at radius 2 is 0.812 bits per heavy atom. The van der Waals surface area contributed by atoms with Gasteiger partial charge in [0.2, 0.25) is 0 Å².